The van der Waals surface area contributed by atoms with E-state index in [2.05, 4.69) is 80.6 Å². The third-order valence-electron chi connectivity index (χ3n) is 3.28. The van der Waals surface area contributed by atoms with Crippen LogP contribution in [-0.2, 0) is 0 Å². The number of aryl methyl sites for hydroxylation is 2. The van der Waals surface area contributed by atoms with E-state index < -0.39 is 7.92 Å². The maximum atomic E-state index is 2.37. The standard InChI is InChI=1S/C18H17PS/c1-14-13-18(15(2)20-14)19(16-9-5-3-6-10-16)17-11-7-4-8-12-17/h3-13H,1-2H3. The van der Waals surface area contributed by atoms with Crippen LogP contribution in [0.3, 0.4) is 0 Å². The van der Waals surface area contributed by atoms with Gasteiger partial charge in [-0.25, -0.2) is 0 Å². The zero-order valence-electron chi connectivity index (χ0n) is 11.7. The SMILES string of the molecule is Cc1cc(P(c2ccccc2)c2ccccc2)c(C)s1. The topological polar surface area (TPSA) is 0 Å². The lowest BCUT2D eigenvalue weighted by Crippen LogP contribution is -2.20. The number of benzene rings is 2. The van der Waals surface area contributed by atoms with Crippen molar-refractivity contribution in [3.63, 3.8) is 0 Å². The molecule has 0 bridgehead atoms. The van der Waals surface area contributed by atoms with Crippen LogP contribution in [0, 0.1) is 13.8 Å². The summed E-state index contributed by atoms with van der Waals surface area (Å²) in [4.78, 5) is 2.85. The monoisotopic (exact) mass is 296 g/mol. The molecule has 0 saturated carbocycles. The highest BCUT2D eigenvalue weighted by Gasteiger charge is 2.19. The Bertz CT molecular complexity index is 646. The van der Waals surface area contributed by atoms with Crippen LogP contribution in [0.15, 0.2) is 66.7 Å². The van der Waals surface area contributed by atoms with Crippen molar-refractivity contribution < 1.29 is 0 Å². The Hall–Kier alpha value is -1.43. The Balaban J connectivity index is 2.16. The van der Waals surface area contributed by atoms with Crippen molar-refractivity contribution in [2.75, 3.05) is 0 Å². The largest absolute Gasteiger partial charge is 0.145 e. The van der Waals surface area contributed by atoms with Crippen molar-refractivity contribution >= 4 is 35.2 Å². The van der Waals surface area contributed by atoms with Gasteiger partial charge in [0.25, 0.3) is 0 Å². The maximum Gasteiger partial charge on any atom is 0.0100 e. The van der Waals surface area contributed by atoms with Crippen molar-refractivity contribution in [3.8, 4) is 0 Å². The lowest BCUT2D eigenvalue weighted by Gasteiger charge is -2.18. The molecule has 100 valence electrons. The van der Waals surface area contributed by atoms with Gasteiger partial charge in [-0.2, -0.15) is 0 Å². The summed E-state index contributed by atoms with van der Waals surface area (Å²) in [5.41, 5.74) is 0. The minimum Gasteiger partial charge on any atom is -0.145 e. The van der Waals surface area contributed by atoms with Crippen molar-refractivity contribution in [1.29, 1.82) is 0 Å². The molecule has 2 aromatic carbocycles. The third kappa shape index (κ3) is 2.70. The van der Waals surface area contributed by atoms with Crippen LogP contribution in [0.25, 0.3) is 0 Å². The van der Waals surface area contributed by atoms with E-state index in [9.17, 15) is 0 Å². The van der Waals surface area contributed by atoms with E-state index in [0.717, 1.165) is 0 Å². The number of thiophene rings is 1. The summed E-state index contributed by atoms with van der Waals surface area (Å²) in [5.74, 6) is 0. The fourth-order valence-electron chi connectivity index (χ4n) is 2.42. The van der Waals surface area contributed by atoms with Gasteiger partial charge in [0.1, 0.15) is 0 Å². The molecular formula is C18H17PS. The lowest BCUT2D eigenvalue weighted by molar-refractivity contribution is 1.65. The summed E-state index contributed by atoms with van der Waals surface area (Å²) in [6, 6.07) is 24.1. The smallest absolute Gasteiger partial charge is 0.0100 e. The average Bonchev–Trinajstić information content (AvgIpc) is 2.80. The van der Waals surface area contributed by atoms with Gasteiger partial charge >= 0.3 is 0 Å². The van der Waals surface area contributed by atoms with Gasteiger partial charge in [-0.1, -0.05) is 60.7 Å². The first kappa shape index (κ1) is 13.5. The summed E-state index contributed by atoms with van der Waals surface area (Å²) in [6.45, 7) is 4.44. The van der Waals surface area contributed by atoms with E-state index in [1.807, 2.05) is 11.3 Å². The average molecular weight is 296 g/mol. The summed E-state index contributed by atoms with van der Waals surface area (Å²) in [6.07, 6.45) is 0. The Morgan fingerprint density at radius 2 is 1.25 bits per heavy atom. The summed E-state index contributed by atoms with van der Waals surface area (Å²) >= 11 is 1.90. The highest BCUT2D eigenvalue weighted by atomic mass is 32.1. The molecule has 1 heterocycles. The van der Waals surface area contributed by atoms with Crippen LogP contribution in [0.2, 0.25) is 0 Å². The van der Waals surface area contributed by atoms with E-state index in [0.29, 0.717) is 0 Å². The second-order valence-corrected chi connectivity index (χ2v) is 8.45. The zero-order valence-corrected chi connectivity index (χ0v) is 13.4. The van der Waals surface area contributed by atoms with Crippen molar-refractivity contribution in [2.45, 2.75) is 13.8 Å². The molecule has 0 aliphatic carbocycles. The predicted molar refractivity (Wildman–Crippen MR) is 92.5 cm³/mol. The van der Waals surface area contributed by atoms with Gasteiger partial charge in [0, 0.05) is 9.75 Å². The number of rotatable bonds is 3. The van der Waals surface area contributed by atoms with Crippen LogP contribution in [-0.4, -0.2) is 0 Å². The quantitative estimate of drug-likeness (QED) is 0.638. The predicted octanol–water partition coefficient (Wildman–Crippen LogP) is 4.12. The van der Waals surface area contributed by atoms with Crippen molar-refractivity contribution in [1.82, 2.24) is 0 Å². The minimum atomic E-state index is -0.436. The first-order valence-electron chi connectivity index (χ1n) is 6.73. The van der Waals surface area contributed by atoms with Gasteiger partial charge in [0.05, 0.1) is 0 Å². The summed E-state index contributed by atoms with van der Waals surface area (Å²) in [5, 5.41) is 4.35. The second kappa shape index (κ2) is 5.91. The van der Waals surface area contributed by atoms with Crippen molar-refractivity contribution in [3.05, 3.63) is 76.5 Å². The fraction of sp³-hybridized carbons (Fsp3) is 0.111. The Morgan fingerprint density at radius 3 is 1.65 bits per heavy atom. The summed E-state index contributed by atoms with van der Waals surface area (Å²) < 4.78 is 0. The molecule has 0 N–H and O–H groups in total. The third-order valence-corrected chi connectivity index (χ3v) is 6.98. The highest BCUT2D eigenvalue weighted by Crippen LogP contribution is 2.36. The Labute approximate surface area is 125 Å². The van der Waals surface area contributed by atoms with Crippen LogP contribution >= 0.6 is 19.3 Å². The lowest BCUT2D eigenvalue weighted by atomic mass is 10.4. The molecular weight excluding hydrogens is 279 g/mol. The summed E-state index contributed by atoms with van der Waals surface area (Å²) in [7, 11) is -0.436. The van der Waals surface area contributed by atoms with Gasteiger partial charge in [0.2, 0.25) is 0 Å². The van der Waals surface area contributed by atoms with Gasteiger partial charge in [-0.3, -0.25) is 0 Å². The van der Waals surface area contributed by atoms with Gasteiger partial charge in [-0.15, -0.1) is 11.3 Å². The van der Waals surface area contributed by atoms with Crippen molar-refractivity contribution in [2.24, 2.45) is 0 Å². The second-order valence-electron chi connectivity index (χ2n) is 4.80. The van der Waals surface area contributed by atoms with E-state index >= 15 is 0 Å². The molecule has 0 amide bonds. The molecule has 2 heteroatoms. The Kier molecular flexibility index (Phi) is 4.00. The molecule has 0 nitrogen and oxygen atoms in total. The van der Waals surface area contributed by atoms with Crippen LogP contribution in [0.1, 0.15) is 9.75 Å². The van der Waals surface area contributed by atoms with Crippen LogP contribution < -0.4 is 15.9 Å². The molecule has 3 rings (SSSR count). The molecule has 0 aliphatic heterocycles. The molecule has 0 aliphatic rings. The fourth-order valence-corrected chi connectivity index (χ4v) is 6.17. The van der Waals surface area contributed by atoms with Gasteiger partial charge in [-0.05, 0) is 43.7 Å². The maximum absolute atomic E-state index is 2.37. The van der Waals surface area contributed by atoms with Crippen LogP contribution in [0.4, 0.5) is 0 Å². The molecule has 20 heavy (non-hydrogen) atoms. The number of hydrogen-bond donors (Lipinski definition) is 0. The molecule has 0 atom stereocenters. The van der Waals surface area contributed by atoms with E-state index in [1.165, 1.54) is 25.7 Å². The van der Waals surface area contributed by atoms with E-state index in [1.54, 1.807) is 0 Å². The van der Waals surface area contributed by atoms with E-state index in [-0.39, 0.29) is 0 Å². The molecule has 0 unspecified atom stereocenters. The normalized spacial score (nSPS) is 10.9. The van der Waals surface area contributed by atoms with E-state index in [4.69, 9.17) is 0 Å². The highest BCUT2D eigenvalue weighted by molar-refractivity contribution is 7.80. The zero-order chi connectivity index (χ0) is 13.9. The van der Waals surface area contributed by atoms with Gasteiger partial charge in [0.15, 0.2) is 0 Å². The van der Waals surface area contributed by atoms with Gasteiger partial charge < -0.3 is 0 Å². The molecule has 0 radical (unpaired) electrons. The molecule has 3 aromatic rings. The minimum absolute atomic E-state index is 0.436. The first-order valence-corrected chi connectivity index (χ1v) is 8.89. The molecule has 0 fully saturated rings. The molecule has 1 aromatic heterocycles. The van der Waals surface area contributed by atoms with Crippen LogP contribution in [0.5, 0.6) is 0 Å². The Morgan fingerprint density at radius 1 is 0.750 bits per heavy atom. The molecule has 0 spiro atoms. The number of hydrogen-bond acceptors (Lipinski definition) is 1. The molecule has 0 saturated heterocycles. The first-order chi connectivity index (χ1) is 9.75.